The van der Waals surface area contributed by atoms with Crippen molar-refractivity contribution in [3.63, 3.8) is 0 Å². The molecule has 5 aromatic rings. The third-order valence-corrected chi connectivity index (χ3v) is 9.89. The second-order valence-corrected chi connectivity index (χ2v) is 13.8. The summed E-state index contributed by atoms with van der Waals surface area (Å²) in [6.07, 6.45) is -15.6. The maximum absolute atomic E-state index is 13.8. The van der Waals surface area contributed by atoms with E-state index in [9.17, 15) is 68.6 Å². The topological polar surface area (TPSA) is 151 Å². The molecule has 5 amide bonds. The van der Waals surface area contributed by atoms with Crippen LogP contribution in [0.4, 0.5) is 39.5 Å². The summed E-state index contributed by atoms with van der Waals surface area (Å²) < 4.78 is 124. The second kappa shape index (κ2) is 14.7. The molecule has 1 saturated heterocycles. The molecule has 0 bridgehead atoms. The van der Waals surface area contributed by atoms with Gasteiger partial charge in [0.05, 0.1) is 27.9 Å². The van der Waals surface area contributed by atoms with Gasteiger partial charge in [-0.1, -0.05) is 18.2 Å². The minimum Gasteiger partial charge on any atom is -0.507 e. The number of phenols is 1. The van der Waals surface area contributed by atoms with Gasteiger partial charge in [-0.2, -0.15) is 44.6 Å². The summed E-state index contributed by atoms with van der Waals surface area (Å²) >= 11 is 0. The monoisotopic (exact) mass is 843 g/mol. The van der Waals surface area contributed by atoms with E-state index in [0.29, 0.717) is 23.8 Å². The van der Waals surface area contributed by atoms with Crippen LogP contribution in [0.15, 0.2) is 78.9 Å². The lowest BCUT2D eigenvalue weighted by Crippen LogP contribution is -2.54. The Bertz CT molecular complexity index is 2600. The highest BCUT2D eigenvalue weighted by molar-refractivity contribution is 6.23. The number of piperidine rings is 1. The third-order valence-electron chi connectivity index (χ3n) is 9.89. The number of aromatic hydroxyl groups is 1. The molecular weight excluding hydrogens is 817 g/mol. The van der Waals surface area contributed by atoms with Gasteiger partial charge in [0.25, 0.3) is 17.7 Å². The van der Waals surface area contributed by atoms with Crippen molar-refractivity contribution in [2.75, 3.05) is 0 Å². The maximum Gasteiger partial charge on any atom is 0.435 e. The minimum atomic E-state index is -5.26. The van der Waals surface area contributed by atoms with Crippen LogP contribution in [0.2, 0.25) is 0 Å². The molecule has 60 heavy (non-hydrogen) atoms. The molecule has 1 unspecified atom stereocenters. The maximum atomic E-state index is 13.8. The first kappa shape index (κ1) is 41.2. The van der Waals surface area contributed by atoms with Crippen LogP contribution in [0.5, 0.6) is 5.75 Å². The molecule has 2 aliphatic rings. The number of alkyl halides is 9. The van der Waals surface area contributed by atoms with E-state index in [-0.39, 0.29) is 59.0 Å². The molecule has 0 radical (unpaired) electrons. The van der Waals surface area contributed by atoms with E-state index in [1.807, 2.05) is 0 Å². The molecule has 1 atom stereocenters. The zero-order chi connectivity index (χ0) is 43.6. The van der Waals surface area contributed by atoms with Crippen molar-refractivity contribution in [2.24, 2.45) is 7.05 Å². The summed E-state index contributed by atoms with van der Waals surface area (Å²) in [5.74, 6) is -4.39. The smallest absolute Gasteiger partial charge is 0.435 e. The van der Waals surface area contributed by atoms with Gasteiger partial charge in [0.15, 0.2) is 5.69 Å². The lowest BCUT2D eigenvalue weighted by molar-refractivity contribution is -0.143. The standard InChI is InChI=1S/C40H26F9N5O6/c1-53-30(16-31(52-53)40(47,48)49)28-14-21(13-26(33(28)56)22-11-23(38(41,42)43)15-24(12-22)39(44,45)46)19-3-5-20(6-4-19)34(57)50-17-18-2-7-25-27(10-18)37(60)54(36(25)59)29-8-9-32(55)51-35(29)58/h2-7,10-16,29,56H,8-9,17H2,1H3,(H,50,57)(H,51,55,58). The molecule has 0 spiro atoms. The number of nitrogens with one attached hydrogen (secondary N) is 2. The fourth-order valence-corrected chi connectivity index (χ4v) is 6.91. The van der Waals surface area contributed by atoms with E-state index in [0.717, 1.165) is 28.8 Å². The average Bonchev–Trinajstić information content (AvgIpc) is 3.69. The summed E-state index contributed by atoms with van der Waals surface area (Å²) in [4.78, 5) is 64.1. The molecule has 0 saturated carbocycles. The summed E-state index contributed by atoms with van der Waals surface area (Å²) in [7, 11) is 1.09. The van der Waals surface area contributed by atoms with Crippen LogP contribution in [0.3, 0.4) is 0 Å². The Hall–Kier alpha value is -6.99. The van der Waals surface area contributed by atoms with Gasteiger partial charge in [-0.3, -0.25) is 38.9 Å². The molecule has 1 aromatic heterocycles. The molecule has 3 N–H and O–H groups in total. The van der Waals surface area contributed by atoms with E-state index in [2.05, 4.69) is 15.7 Å². The SMILES string of the molecule is Cn1nc(C(F)(F)F)cc1-c1cc(-c2ccc(C(=O)NCc3ccc4c(c3)C(=O)N(C3CCC(=O)NC3=O)C4=O)cc2)cc(-c2cc(C(F)(F)F)cc(C(F)(F)F)c2)c1O. The van der Waals surface area contributed by atoms with Crippen LogP contribution >= 0.6 is 0 Å². The van der Waals surface area contributed by atoms with Crippen molar-refractivity contribution in [2.45, 2.75) is 44.0 Å². The molecule has 4 aromatic carbocycles. The number of amides is 5. The summed E-state index contributed by atoms with van der Waals surface area (Å²) in [6, 6.07) is 11.7. The largest absolute Gasteiger partial charge is 0.507 e. The van der Waals surface area contributed by atoms with Crippen LogP contribution in [0.1, 0.15) is 66.3 Å². The van der Waals surface area contributed by atoms with E-state index >= 15 is 0 Å². The van der Waals surface area contributed by atoms with Crippen molar-refractivity contribution >= 4 is 29.5 Å². The molecule has 2 aliphatic heterocycles. The van der Waals surface area contributed by atoms with Gasteiger partial charge in [-0.25, -0.2) is 0 Å². The zero-order valence-electron chi connectivity index (χ0n) is 30.4. The Labute approximate surface area is 331 Å². The molecule has 11 nitrogen and oxygen atoms in total. The van der Waals surface area contributed by atoms with E-state index in [1.54, 1.807) is 0 Å². The van der Waals surface area contributed by atoms with Gasteiger partial charge in [-0.05, 0) is 89.3 Å². The van der Waals surface area contributed by atoms with Crippen LogP contribution in [0.25, 0.3) is 33.5 Å². The van der Waals surface area contributed by atoms with Gasteiger partial charge < -0.3 is 10.4 Å². The highest BCUT2D eigenvalue weighted by Crippen LogP contribution is 2.46. The molecule has 310 valence electrons. The Balaban J connectivity index is 1.18. The number of carbonyl (C=O) groups is 5. The van der Waals surface area contributed by atoms with Gasteiger partial charge in [0.2, 0.25) is 11.8 Å². The number of carbonyl (C=O) groups excluding carboxylic acids is 5. The van der Waals surface area contributed by atoms with Gasteiger partial charge >= 0.3 is 18.5 Å². The first-order valence-corrected chi connectivity index (χ1v) is 17.5. The van der Waals surface area contributed by atoms with Gasteiger partial charge in [0.1, 0.15) is 11.8 Å². The Morgan fingerprint density at radius 1 is 0.733 bits per heavy atom. The van der Waals surface area contributed by atoms with Crippen LogP contribution in [-0.4, -0.2) is 55.4 Å². The number of phenolic OH excluding ortho intramolecular Hbond substituents is 1. The Morgan fingerprint density at radius 3 is 1.93 bits per heavy atom. The van der Waals surface area contributed by atoms with Crippen molar-refractivity contribution in [3.8, 4) is 39.3 Å². The van der Waals surface area contributed by atoms with E-state index in [1.165, 1.54) is 42.5 Å². The van der Waals surface area contributed by atoms with Crippen molar-refractivity contribution in [1.82, 2.24) is 25.3 Å². The molecule has 1 fully saturated rings. The van der Waals surface area contributed by atoms with Crippen molar-refractivity contribution in [1.29, 1.82) is 0 Å². The quantitative estimate of drug-likeness (QED) is 0.113. The molecule has 20 heteroatoms. The van der Waals surface area contributed by atoms with E-state index in [4.69, 9.17) is 0 Å². The molecule has 3 heterocycles. The van der Waals surface area contributed by atoms with Crippen LogP contribution in [0, 0.1) is 0 Å². The normalized spacial score (nSPS) is 16.0. The number of rotatable bonds is 7. The first-order chi connectivity index (χ1) is 28.0. The predicted molar refractivity (Wildman–Crippen MR) is 190 cm³/mol. The zero-order valence-corrected chi connectivity index (χ0v) is 30.4. The summed E-state index contributed by atoms with van der Waals surface area (Å²) in [5.41, 5.74) is -6.34. The fraction of sp³-hybridized carbons (Fsp3) is 0.200. The van der Waals surface area contributed by atoms with Crippen molar-refractivity contribution < 1.29 is 68.6 Å². The predicted octanol–water partition coefficient (Wildman–Crippen LogP) is 7.51. The number of imide groups is 2. The van der Waals surface area contributed by atoms with Crippen molar-refractivity contribution in [3.05, 3.63) is 118 Å². The molecule has 7 rings (SSSR count). The number of benzene rings is 4. The van der Waals surface area contributed by atoms with Gasteiger partial charge in [-0.15, -0.1) is 0 Å². The number of fused-ring (bicyclic) bond motifs is 1. The number of halogens is 9. The number of aromatic nitrogens is 2. The van der Waals surface area contributed by atoms with Gasteiger partial charge in [0, 0.05) is 36.7 Å². The summed E-state index contributed by atoms with van der Waals surface area (Å²) in [6.45, 7) is -0.153. The summed E-state index contributed by atoms with van der Waals surface area (Å²) in [5, 5.41) is 19.5. The lowest BCUT2D eigenvalue weighted by Gasteiger charge is -2.27. The molecular formula is C40H26F9N5O6. The molecule has 0 aliphatic carbocycles. The van der Waals surface area contributed by atoms with Crippen LogP contribution in [-0.2, 0) is 41.7 Å². The lowest BCUT2D eigenvalue weighted by atomic mass is 9.91. The number of aryl methyl sites for hydroxylation is 1. The third kappa shape index (κ3) is 7.79. The fourth-order valence-electron chi connectivity index (χ4n) is 6.91. The highest BCUT2D eigenvalue weighted by atomic mass is 19.4. The second-order valence-electron chi connectivity index (χ2n) is 13.8. The van der Waals surface area contributed by atoms with E-state index < -0.39 is 93.4 Å². The minimum absolute atomic E-state index is 0.00851. The Morgan fingerprint density at radius 2 is 1.35 bits per heavy atom. The number of nitrogens with zero attached hydrogens (tertiary/aromatic N) is 3. The number of hydrogen-bond acceptors (Lipinski definition) is 7. The highest BCUT2D eigenvalue weighted by Gasteiger charge is 2.45. The first-order valence-electron chi connectivity index (χ1n) is 17.5. The number of hydrogen-bond donors (Lipinski definition) is 3. The Kier molecular flexibility index (Phi) is 10.1. The van der Waals surface area contributed by atoms with Crippen LogP contribution < -0.4 is 10.6 Å². The average molecular weight is 844 g/mol.